The van der Waals surface area contributed by atoms with Crippen LogP contribution in [0.25, 0.3) is 0 Å². The predicted octanol–water partition coefficient (Wildman–Crippen LogP) is 3.14. The van der Waals surface area contributed by atoms with E-state index in [0.29, 0.717) is 11.3 Å². The standard InChI is InChI=1S/C18H25N3O2/c1-11-8-14(12(2)23-11)17(22)19-13-6-7-16-20-15(18(3,4)5)10-21(16)9-13/h8,10,13H,6-7,9H2,1-5H3,(H,19,22)/t13-/m1/s1. The van der Waals surface area contributed by atoms with Crippen molar-refractivity contribution in [2.75, 3.05) is 0 Å². The van der Waals surface area contributed by atoms with Gasteiger partial charge in [-0.2, -0.15) is 0 Å². The lowest BCUT2D eigenvalue weighted by Gasteiger charge is -2.24. The SMILES string of the molecule is Cc1cc(C(=O)N[C@@H]2CCc3nc(C(C)(C)C)cn3C2)c(C)o1. The Balaban J connectivity index is 1.71. The van der Waals surface area contributed by atoms with Crippen LogP contribution >= 0.6 is 0 Å². The molecule has 1 N–H and O–H groups in total. The lowest BCUT2D eigenvalue weighted by atomic mass is 9.93. The Morgan fingerprint density at radius 1 is 1.39 bits per heavy atom. The van der Waals surface area contributed by atoms with E-state index in [1.54, 1.807) is 6.07 Å². The van der Waals surface area contributed by atoms with Gasteiger partial charge < -0.3 is 14.3 Å². The third kappa shape index (κ3) is 3.19. The van der Waals surface area contributed by atoms with Crippen molar-refractivity contribution >= 4 is 5.91 Å². The summed E-state index contributed by atoms with van der Waals surface area (Å²) in [5.74, 6) is 2.51. The number of imidazole rings is 1. The maximum Gasteiger partial charge on any atom is 0.255 e. The number of carbonyl (C=O) groups excluding carboxylic acids is 1. The van der Waals surface area contributed by atoms with Gasteiger partial charge >= 0.3 is 0 Å². The number of hydrogen-bond donors (Lipinski definition) is 1. The van der Waals surface area contributed by atoms with Crippen molar-refractivity contribution in [1.29, 1.82) is 0 Å². The summed E-state index contributed by atoms with van der Waals surface area (Å²) in [5, 5.41) is 3.13. The predicted molar refractivity (Wildman–Crippen MR) is 88.7 cm³/mol. The monoisotopic (exact) mass is 315 g/mol. The molecule has 2 aromatic heterocycles. The highest BCUT2D eigenvalue weighted by Crippen LogP contribution is 2.24. The molecule has 0 radical (unpaired) electrons. The van der Waals surface area contributed by atoms with Crippen molar-refractivity contribution in [3.8, 4) is 0 Å². The number of carbonyl (C=O) groups is 1. The zero-order valence-electron chi connectivity index (χ0n) is 14.6. The third-order valence-corrected chi connectivity index (χ3v) is 4.38. The van der Waals surface area contributed by atoms with Gasteiger partial charge in [-0.3, -0.25) is 4.79 Å². The fourth-order valence-corrected chi connectivity index (χ4v) is 3.04. The number of aromatic nitrogens is 2. The van der Waals surface area contributed by atoms with E-state index in [1.165, 1.54) is 0 Å². The number of hydrogen-bond acceptors (Lipinski definition) is 3. The molecule has 1 atom stereocenters. The van der Waals surface area contributed by atoms with Crippen LogP contribution in [0.3, 0.4) is 0 Å². The first-order valence-electron chi connectivity index (χ1n) is 8.18. The molecule has 1 amide bonds. The van der Waals surface area contributed by atoms with Gasteiger partial charge in [0.2, 0.25) is 0 Å². The zero-order chi connectivity index (χ0) is 16.8. The molecule has 0 aromatic carbocycles. The molecule has 5 nitrogen and oxygen atoms in total. The number of rotatable bonds is 2. The minimum atomic E-state index is -0.0519. The van der Waals surface area contributed by atoms with Gasteiger partial charge in [-0.1, -0.05) is 20.8 Å². The summed E-state index contributed by atoms with van der Waals surface area (Å²) in [4.78, 5) is 17.2. The van der Waals surface area contributed by atoms with Crippen LogP contribution in [0.15, 0.2) is 16.7 Å². The number of aryl methyl sites for hydroxylation is 3. The van der Waals surface area contributed by atoms with Crippen LogP contribution in [0.5, 0.6) is 0 Å². The number of amides is 1. The van der Waals surface area contributed by atoms with Crippen LogP contribution in [-0.4, -0.2) is 21.5 Å². The molecular weight excluding hydrogens is 290 g/mol. The average molecular weight is 315 g/mol. The van der Waals surface area contributed by atoms with Crippen LogP contribution in [0.4, 0.5) is 0 Å². The molecule has 124 valence electrons. The van der Waals surface area contributed by atoms with Gasteiger partial charge in [0.1, 0.15) is 17.3 Å². The normalized spacial score (nSPS) is 17.9. The first-order valence-corrected chi connectivity index (χ1v) is 8.18. The molecule has 0 fully saturated rings. The van der Waals surface area contributed by atoms with Crippen LogP contribution in [-0.2, 0) is 18.4 Å². The van der Waals surface area contributed by atoms with Gasteiger partial charge in [-0.15, -0.1) is 0 Å². The number of furan rings is 1. The second-order valence-corrected chi connectivity index (χ2v) is 7.48. The molecule has 2 aromatic rings. The molecule has 0 saturated carbocycles. The van der Waals surface area contributed by atoms with Crippen LogP contribution < -0.4 is 5.32 Å². The van der Waals surface area contributed by atoms with Crippen molar-refractivity contribution in [3.63, 3.8) is 0 Å². The van der Waals surface area contributed by atoms with Crippen LogP contribution in [0.2, 0.25) is 0 Å². The van der Waals surface area contributed by atoms with E-state index < -0.39 is 0 Å². The molecular formula is C18H25N3O2. The Kier molecular flexibility index (Phi) is 3.82. The smallest absolute Gasteiger partial charge is 0.255 e. The van der Waals surface area contributed by atoms with E-state index in [1.807, 2.05) is 13.8 Å². The summed E-state index contributed by atoms with van der Waals surface area (Å²) in [6.07, 6.45) is 3.94. The highest BCUT2D eigenvalue weighted by atomic mass is 16.3. The first kappa shape index (κ1) is 15.8. The van der Waals surface area contributed by atoms with E-state index in [4.69, 9.17) is 9.40 Å². The molecule has 23 heavy (non-hydrogen) atoms. The Bertz CT molecular complexity index is 734. The molecule has 0 aliphatic carbocycles. The summed E-state index contributed by atoms with van der Waals surface area (Å²) < 4.78 is 7.63. The van der Waals surface area contributed by atoms with Gasteiger partial charge in [0, 0.05) is 30.6 Å². The minimum absolute atomic E-state index is 0.0501. The number of nitrogens with one attached hydrogen (secondary N) is 1. The maximum absolute atomic E-state index is 12.4. The summed E-state index contributed by atoms with van der Waals surface area (Å²) in [7, 11) is 0. The molecule has 0 saturated heterocycles. The summed E-state index contributed by atoms with van der Waals surface area (Å²) in [6, 6.07) is 1.93. The summed E-state index contributed by atoms with van der Waals surface area (Å²) >= 11 is 0. The summed E-state index contributed by atoms with van der Waals surface area (Å²) in [6.45, 7) is 11.0. The molecule has 0 bridgehead atoms. The number of nitrogens with zero attached hydrogens (tertiary/aromatic N) is 2. The highest BCUT2D eigenvalue weighted by Gasteiger charge is 2.26. The van der Waals surface area contributed by atoms with Crippen molar-refractivity contribution in [3.05, 3.63) is 40.9 Å². The van der Waals surface area contributed by atoms with E-state index in [2.05, 4.69) is 36.9 Å². The van der Waals surface area contributed by atoms with E-state index >= 15 is 0 Å². The maximum atomic E-state index is 12.4. The van der Waals surface area contributed by atoms with Crippen molar-refractivity contribution in [2.24, 2.45) is 0 Å². The largest absolute Gasteiger partial charge is 0.466 e. The fraction of sp³-hybridized carbons (Fsp3) is 0.556. The Morgan fingerprint density at radius 2 is 2.13 bits per heavy atom. The second kappa shape index (κ2) is 5.55. The van der Waals surface area contributed by atoms with Crippen molar-refractivity contribution in [1.82, 2.24) is 14.9 Å². The second-order valence-electron chi connectivity index (χ2n) is 7.48. The van der Waals surface area contributed by atoms with E-state index in [9.17, 15) is 4.79 Å². The number of fused-ring (bicyclic) bond motifs is 1. The Labute approximate surface area is 137 Å². The van der Waals surface area contributed by atoms with E-state index in [-0.39, 0.29) is 17.4 Å². The summed E-state index contributed by atoms with van der Waals surface area (Å²) in [5.41, 5.74) is 1.80. The minimum Gasteiger partial charge on any atom is -0.466 e. The average Bonchev–Trinajstić information content (AvgIpc) is 3.01. The Hall–Kier alpha value is -2.04. The fourth-order valence-electron chi connectivity index (χ4n) is 3.04. The van der Waals surface area contributed by atoms with Crippen molar-refractivity contribution in [2.45, 2.75) is 65.5 Å². The zero-order valence-corrected chi connectivity index (χ0v) is 14.6. The topological polar surface area (TPSA) is 60.1 Å². The third-order valence-electron chi connectivity index (χ3n) is 4.38. The lowest BCUT2D eigenvalue weighted by Crippen LogP contribution is -2.41. The van der Waals surface area contributed by atoms with Crippen LogP contribution in [0, 0.1) is 13.8 Å². The molecule has 1 aliphatic heterocycles. The van der Waals surface area contributed by atoms with Gasteiger partial charge in [0.25, 0.3) is 5.91 Å². The van der Waals surface area contributed by atoms with Crippen LogP contribution in [0.1, 0.15) is 60.6 Å². The quantitative estimate of drug-likeness (QED) is 0.926. The highest BCUT2D eigenvalue weighted by molar-refractivity contribution is 5.95. The molecule has 5 heteroatoms. The van der Waals surface area contributed by atoms with Gasteiger partial charge in [-0.05, 0) is 26.3 Å². The lowest BCUT2D eigenvalue weighted by molar-refractivity contribution is 0.0926. The molecule has 3 heterocycles. The molecule has 0 unspecified atom stereocenters. The van der Waals surface area contributed by atoms with Gasteiger partial charge in [-0.25, -0.2) is 4.98 Å². The van der Waals surface area contributed by atoms with Gasteiger partial charge in [0.15, 0.2) is 0 Å². The molecule has 3 rings (SSSR count). The van der Waals surface area contributed by atoms with Gasteiger partial charge in [0.05, 0.1) is 11.3 Å². The molecule has 0 spiro atoms. The van der Waals surface area contributed by atoms with Crippen molar-refractivity contribution < 1.29 is 9.21 Å². The molecule has 1 aliphatic rings. The Morgan fingerprint density at radius 3 is 2.74 bits per heavy atom. The van der Waals surface area contributed by atoms with E-state index in [0.717, 1.165) is 36.7 Å². The first-order chi connectivity index (χ1) is 10.7.